The SMILES string of the molecule is Cc1ccc(CNC(=O)c2cc(C(=O)NCc3ccc(F)c(C)c3)ncn2)o1. The average Bonchev–Trinajstić information content (AvgIpc) is 3.12. The van der Waals surface area contributed by atoms with Crippen LogP contribution in [-0.4, -0.2) is 21.8 Å². The fraction of sp³-hybridized carbons (Fsp3) is 0.200. The van der Waals surface area contributed by atoms with E-state index in [9.17, 15) is 14.0 Å². The van der Waals surface area contributed by atoms with Gasteiger partial charge in [0.2, 0.25) is 0 Å². The van der Waals surface area contributed by atoms with Crippen LogP contribution < -0.4 is 10.6 Å². The van der Waals surface area contributed by atoms with Gasteiger partial charge in [-0.05, 0) is 43.2 Å². The van der Waals surface area contributed by atoms with Crippen LogP contribution in [0, 0.1) is 19.7 Å². The molecular weight excluding hydrogens is 363 g/mol. The predicted molar refractivity (Wildman–Crippen MR) is 99.0 cm³/mol. The summed E-state index contributed by atoms with van der Waals surface area (Å²) in [5, 5.41) is 5.36. The molecule has 2 N–H and O–H groups in total. The van der Waals surface area contributed by atoms with Crippen molar-refractivity contribution < 1.29 is 18.4 Å². The van der Waals surface area contributed by atoms with Crippen LogP contribution in [0.25, 0.3) is 0 Å². The molecule has 0 atom stereocenters. The van der Waals surface area contributed by atoms with Gasteiger partial charge in [-0.1, -0.05) is 12.1 Å². The van der Waals surface area contributed by atoms with E-state index < -0.39 is 11.8 Å². The number of hydrogen-bond donors (Lipinski definition) is 2. The van der Waals surface area contributed by atoms with Gasteiger partial charge in [0.15, 0.2) is 0 Å². The second-order valence-electron chi connectivity index (χ2n) is 6.25. The molecule has 8 heteroatoms. The van der Waals surface area contributed by atoms with E-state index in [-0.39, 0.29) is 30.3 Å². The van der Waals surface area contributed by atoms with Crippen LogP contribution in [0.5, 0.6) is 0 Å². The number of halogens is 1. The molecule has 0 aliphatic carbocycles. The number of benzene rings is 1. The first kappa shape index (κ1) is 19.2. The van der Waals surface area contributed by atoms with Crippen LogP contribution in [0.15, 0.2) is 47.1 Å². The van der Waals surface area contributed by atoms with Crippen molar-refractivity contribution in [2.75, 3.05) is 0 Å². The Bertz CT molecular complexity index is 1020. The summed E-state index contributed by atoms with van der Waals surface area (Å²) >= 11 is 0. The molecule has 0 bridgehead atoms. The third-order valence-electron chi connectivity index (χ3n) is 4.03. The summed E-state index contributed by atoms with van der Waals surface area (Å²) in [4.78, 5) is 32.4. The van der Waals surface area contributed by atoms with Gasteiger partial charge in [-0.2, -0.15) is 0 Å². The Labute approximate surface area is 161 Å². The third-order valence-corrected chi connectivity index (χ3v) is 4.03. The molecular formula is C20H19FN4O3. The summed E-state index contributed by atoms with van der Waals surface area (Å²) in [7, 11) is 0. The molecule has 2 aromatic heterocycles. The Hall–Kier alpha value is -3.55. The van der Waals surface area contributed by atoms with Crippen molar-refractivity contribution in [3.63, 3.8) is 0 Å². The maximum Gasteiger partial charge on any atom is 0.270 e. The van der Waals surface area contributed by atoms with E-state index >= 15 is 0 Å². The Morgan fingerprint density at radius 3 is 2.25 bits per heavy atom. The first-order chi connectivity index (χ1) is 13.4. The highest BCUT2D eigenvalue weighted by molar-refractivity contribution is 5.97. The molecule has 3 aromatic rings. The maximum absolute atomic E-state index is 13.3. The second-order valence-corrected chi connectivity index (χ2v) is 6.25. The van der Waals surface area contributed by atoms with E-state index in [0.717, 1.165) is 17.7 Å². The van der Waals surface area contributed by atoms with Crippen molar-refractivity contribution in [2.45, 2.75) is 26.9 Å². The fourth-order valence-electron chi connectivity index (χ4n) is 2.53. The highest BCUT2D eigenvalue weighted by Crippen LogP contribution is 2.09. The molecule has 0 aliphatic rings. The van der Waals surface area contributed by atoms with Gasteiger partial charge in [0.1, 0.15) is 35.1 Å². The summed E-state index contributed by atoms with van der Waals surface area (Å²) in [6, 6.07) is 9.49. The lowest BCUT2D eigenvalue weighted by Gasteiger charge is -2.07. The Balaban J connectivity index is 1.60. The van der Waals surface area contributed by atoms with E-state index in [1.807, 2.05) is 6.92 Å². The van der Waals surface area contributed by atoms with Crippen molar-refractivity contribution >= 4 is 11.8 Å². The van der Waals surface area contributed by atoms with Crippen molar-refractivity contribution in [1.29, 1.82) is 0 Å². The number of aryl methyl sites for hydroxylation is 2. The van der Waals surface area contributed by atoms with Crippen LogP contribution in [0.4, 0.5) is 4.39 Å². The normalized spacial score (nSPS) is 10.5. The minimum absolute atomic E-state index is 0.0628. The van der Waals surface area contributed by atoms with Crippen LogP contribution in [0.1, 0.15) is 43.6 Å². The molecule has 3 rings (SSSR count). The van der Waals surface area contributed by atoms with Crippen molar-refractivity contribution in [2.24, 2.45) is 0 Å². The second kappa shape index (κ2) is 8.43. The number of rotatable bonds is 6. The molecule has 0 unspecified atom stereocenters. The van der Waals surface area contributed by atoms with E-state index in [0.29, 0.717) is 11.3 Å². The minimum atomic E-state index is -0.458. The Morgan fingerprint density at radius 2 is 1.64 bits per heavy atom. The van der Waals surface area contributed by atoms with E-state index in [2.05, 4.69) is 20.6 Å². The maximum atomic E-state index is 13.3. The summed E-state index contributed by atoms with van der Waals surface area (Å²) in [5.41, 5.74) is 1.39. The number of furan rings is 1. The standard InChI is InChI=1S/C20H19FN4O3/c1-12-7-14(4-6-16(12)21)9-22-19(26)17-8-18(25-11-24-17)20(27)23-10-15-5-3-13(2)28-15/h3-8,11H,9-10H2,1-2H3,(H,22,26)(H,23,27). The van der Waals surface area contributed by atoms with Crippen molar-refractivity contribution in [3.8, 4) is 0 Å². The predicted octanol–water partition coefficient (Wildman–Crippen LogP) is 2.69. The molecule has 144 valence electrons. The molecule has 2 heterocycles. The molecule has 2 amide bonds. The summed E-state index contributed by atoms with van der Waals surface area (Å²) in [5.74, 6) is 0.167. The van der Waals surface area contributed by atoms with Crippen molar-refractivity contribution in [3.05, 3.63) is 82.6 Å². The van der Waals surface area contributed by atoms with Crippen LogP contribution in [0.3, 0.4) is 0 Å². The van der Waals surface area contributed by atoms with Gasteiger partial charge in [0.25, 0.3) is 11.8 Å². The van der Waals surface area contributed by atoms with Gasteiger partial charge in [-0.15, -0.1) is 0 Å². The van der Waals surface area contributed by atoms with Crippen LogP contribution in [-0.2, 0) is 13.1 Å². The third kappa shape index (κ3) is 4.79. The van der Waals surface area contributed by atoms with Gasteiger partial charge < -0.3 is 15.1 Å². The zero-order chi connectivity index (χ0) is 20.1. The molecule has 7 nitrogen and oxygen atoms in total. The molecule has 0 spiro atoms. The monoisotopic (exact) mass is 382 g/mol. The lowest BCUT2D eigenvalue weighted by Crippen LogP contribution is -2.27. The van der Waals surface area contributed by atoms with Gasteiger partial charge in [-0.25, -0.2) is 14.4 Å². The zero-order valence-corrected chi connectivity index (χ0v) is 15.5. The number of carbonyl (C=O) groups is 2. The Kier molecular flexibility index (Phi) is 5.78. The summed E-state index contributed by atoms with van der Waals surface area (Å²) < 4.78 is 18.7. The largest absolute Gasteiger partial charge is 0.465 e. The van der Waals surface area contributed by atoms with E-state index in [4.69, 9.17) is 4.42 Å². The first-order valence-corrected chi connectivity index (χ1v) is 8.61. The Morgan fingerprint density at radius 1 is 0.964 bits per heavy atom. The highest BCUT2D eigenvalue weighted by atomic mass is 19.1. The highest BCUT2D eigenvalue weighted by Gasteiger charge is 2.14. The minimum Gasteiger partial charge on any atom is -0.465 e. The average molecular weight is 382 g/mol. The molecule has 0 radical (unpaired) electrons. The molecule has 28 heavy (non-hydrogen) atoms. The number of amides is 2. The number of nitrogens with zero attached hydrogens (tertiary/aromatic N) is 2. The van der Waals surface area contributed by atoms with Crippen LogP contribution >= 0.6 is 0 Å². The number of aromatic nitrogens is 2. The quantitative estimate of drug-likeness (QED) is 0.683. The summed E-state index contributed by atoms with van der Waals surface area (Å²) in [6.07, 6.45) is 1.16. The van der Waals surface area contributed by atoms with E-state index in [1.54, 1.807) is 31.2 Å². The van der Waals surface area contributed by atoms with Gasteiger partial charge in [-0.3, -0.25) is 9.59 Å². The lowest BCUT2D eigenvalue weighted by atomic mass is 10.1. The van der Waals surface area contributed by atoms with Gasteiger partial charge in [0.05, 0.1) is 6.54 Å². The fourth-order valence-corrected chi connectivity index (χ4v) is 2.53. The molecule has 0 saturated carbocycles. The van der Waals surface area contributed by atoms with Crippen molar-refractivity contribution in [1.82, 2.24) is 20.6 Å². The molecule has 0 aliphatic heterocycles. The smallest absolute Gasteiger partial charge is 0.270 e. The lowest BCUT2D eigenvalue weighted by molar-refractivity contribution is 0.0942. The van der Waals surface area contributed by atoms with E-state index in [1.165, 1.54) is 12.1 Å². The molecule has 0 saturated heterocycles. The number of carbonyl (C=O) groups excluding carboxylic acids is 2. The first-order valence-electron chi connectivity index (χ1n) is 8.61. The van der Waals surface area contributed by atoms with Gasteiger partial charge in [0, 0.05) is 12.6 Å². The summed E-state index contributed by atoms with van der Waals surface area (Å²) in [6.45, 7) is 3.89. The molecule has 0 fully saturated rings. The van der Waals surface area contributed by atoms with Crippen LogP contribution in [0.2, 0.25) is 0 Å². The topological polar surface area (TPSA) is 97.1 Å². The van der Waals surface area contributed by atoms with Gasteiger partial charge >= 0.3 is 0 Å². The number of nitrogens with one attached hydrogen (secondary N) is 2. The number of hydrogen-bond acceptors (Lipinski definition) is 5. The molecule has 1 aromatic carbocycles. The zero-order valence-electron chi connectivity index (χ0n) is 15.5.